The van der Waals surface area contributed by atoms with Crippen LogP contribution in [0.15, 0.2) is 36.7 Å². The largest absolute Gasteiger partial charge is 0.489 e. The highest BCUT2D eigenvalue weighted by atomic mass is 35.5. The minimum Gasteiger partial charge on any atom is -0.489 e. The predicted molar refractivity (Wildman–Crippen MR) is 131 cm³/mol. The Morgan fingerprint density at radius 1 is 1.32 bits per heavy atom. The molecule has 1 saturated heterocycles. The van der Waals surface area contributed by atoms with Crippen LogP contribution in [0, 0.1) is 0 Å². The van der Waals surface area contributed by atoms with Crippen LogP contribution in [0.25, 0.3) is 11.3 Å². The Kier molecular flexibility index (Phi) is 5.26. The van der Waals surface area contributed by atoms with E-state index in [4.69, 9.17) is 21.1 Å². The number of ether oxygens (including phenoxy) is 2. The van der Waals surface area contributed by atoms with Crippen LogP contribution in [-0.4, -0.2) is 41.7 Å². The van der Waals surface area contributed by atoms with Crippen molar-refractivity contribution in [1.82, 2.24) is 15.3 Å². The van der Waals surface area contributed by atoms with Crippen LogP contribution in [0.4, 0.5) is 11.4 Å². The monoisotopic (exact) mass is 478 g/mol. The molecule has 0 bridgehead atoms. The molecule has 0 radical (unpaired) electrons. The zero-order valence-corrected chi connectivity index (χ0v) is 19.8. The highest BCUT2D eigenvalue weighted by Gasteiger charge is 2.51. The van der Waals surface area contributed by atoms with Crippen molar-refractivity contribution in [1.29, 1.82) is 0 Å². The lowest BCUT2D eigenvalue weighted by molar-refractivity contribution is -0.0720. The fourth-order valence-corrected chi connectivity index (χ4v) is 5.23. The van der Waals surface area contributed by atoms with Gasteiger partial charge in [0.05, 0.1) is 29.2 Å². The molecule has 1 saturated carbocycles. The van der Waals surface area contributed by atoms with Crippen LogP contribution in [0.1, 0.15) is 47.8 Å². The summed E-state index contributed by atoms with van der Waals surface area (Å²) >= 11 is 6.50. The zero-order valence-electron chi connectivity index (χ0n) is 19.0. The quantitative estimate of drug-likeness (QED) is 0.445. The first-order valence-corrected chi connectivity index (χ1v) is 12.3. The fraction of sp³-hybridized carbons (Fsp3) is 0.385. The van der Waals surface area contributed by atoms with Gasteiger partial charge in [0.15, 0.2) is 0 Å². The molecule has 6 rings (SSSR count). The number of nitrogens with one attached hydrogen (secondary N) is 3. The number of hydrogen-bond donors (Lipinski definition) is 3. The molecule has 0 unspecified atom stereocenters. The van der Waals surface area contributed by atoms with Crippen molar-refractivity contribution in [3.63, 3.8) is 0 Å². The second-order valence-electron chi connectivity index (χ2n) is 9.30. The van der Waals surface area contributed by atoms with Gasteiger partial charge >= 0.3 is 0 Å². The summed E-state index contributed by atoms with van der Waals surface area (Å²) in [5, 5.41) is 7.38. The number of aromatic amines is 1. The summed E-state index contributed by atoms with van der Waals surface area (Å²) in [6.07, 6.45) is 7.45. The molecule has 2 aromatic heterocycles. The second kappa shape index (κ2) is 8.32. The minimum absolute atomic E-state index is 0.0202. The molecular formula is C26H27ClN4O3. The summed E-state index contributed by atoms with van der Waals surface area (Å²) in [6, 6.07) is 7.74. The zero-order chi connectivity index (χ0) is 23.3. The lowest BCUT2D eigenvalue weighted by Crippen LogP contribution is -2.39. The number of carbonyl (C=O) groups is 1. The van der Waals surface area contributed by atoms with E-state index in [1.54, 1.807) is 12.4 Å². The molecule has 1 spiro atoms. The van der Waals surface area contributed by atoms with E-state index in [0.717, 1.165) is 66.2 Å². The van der Waals surface area contributed by atoms with Crippen molar-refractivity contribution >= 4 is 28.9 Å². The number of anilines is 2. The van der Waals surface area contributed by atoms with Gasteiger partial charge in [0, 0.05) is 53.2 Å². The van der Waals surface area contributed by atoms with Gasteiger partial charge in [0.2, 0.25) is 0 Å². The molecule has 2 fully saturated rings. The maximum Gasteiger partial charge on any atom is 0.255 e. The average Bonchev–Trinajstić information content (AvgIpc) is 3.49. The van der Waals surface area contributed by atoms with E-state index >= 15 is 0 Å². The van der Waals surface area contributed by atoms with E-state index in [0.29, 0.717) is 29.5 Å². The van der Waals surface area contributed by atoms with Gasteiger partial charge in [0.1, 0.15) is 12.4 Å². The summed E-state index contributed by atoms with van der Waals surface area (Å²) in [5.74, 6) is 0.587. The molecule has 3 aliphatic rings. The molecule has 1 aromatic carbocycles. The maximum absolute atomic E-state index is 13.2. The topological polar surface area (TPSA) is 88.3 Å². The molecule has 8 heteroatoms. The van der Waals surface area contributed by atoms with Crippen molar-refractivity contribution in [3.8, 4) is 17.0 Å². The number of rotatable bonds is 7. The molecule has 7 nitrogen and oxygen atoms in total. The molecule has 1 aliphatic carbocycles. The van der Waals surface area contributed by atoms with E-state index in [9.17, 15) is 4.79 Å². The summed E-state index contributed by atoms with van der Waals surface area (Å²) < 4.78 is 11.7. The third kappa shape index (κ3) is 3.54. The predicted octanol–water partition coefficient (Wildman–Crippen LogP) is 4.98. The van der Waals surface area contributed by atoms with E-state index in [1.165, 1.54) is 0 Å². The number of halogens is 1. The van der Waals surface area contributed by atoms with Gasteiger partial charge in [-0.2, -0.15) is 0 Å². The van der Waals surface area contributed by atoms with Crippen molar-refractivity contribution in [2.45, 2.75) is 44.1 Å². The number of hydrogen-bond acceptors (Lipinski definition) is 5. The van der Waals surface area contributed by atoms with Crippen molar-refractivity contribution < 1.29 is 14.3 Å². The van der Waals surface area contributed by atoms with Crippen molar-refractivity contribution in [2.24, 2.45) is 0 Å². The smallest absolute Gasteiger partial charge is 0.255 e. The third-order valence-electron chi connectivity index (χ3n) is 7.20. The Morgan fingerprint density at radius 2 is 2.18 bits per heavy atom. The Bertz CT molecular complexity index is 1260. The van der Waals surface area contributed by atoms with Gasteiger partial charge in [-0.25, -0.2) is 0 Å². The van der Waals surface area contributed by atoms with Gasteiger partial charge in [-0.15, -0.1) is 0 Å². The van der Waals surface area contributed by atoms with E-state index in [1.807, 2.05) is 24.3 Å². The lowest BCUT2D eigenvalue weighted by atomic mass is 9.93. The molecule has 3 aromatic rings. The summed E-state index contributed by atoms with van der Waals surface area (Å²) in [6.45, 7) is 3.99. The summed E-state index contributed by atoms with van der Waals surface area (Å²) in [5.41, 5.74) is 5.97. The van der Waals surface area contributed by atoms with Crippen LogP contribution in [0.2, 0.25) is 5.02 Å². The molecule has 2 aliphatic heterocycles. The number of aromatic nitrogens is 2. The number of fused-ring (bicyclic) bond motifs is 2. The Balaban J connectivity index is 1.49. The molecule has 1 atom stereocenters. The number of nitrogens with zero attached hydrogens (tertiary/aromatic N) is 1. The van der Waals surface area contributed by atoms with Gasteiger partial charge in [-0.1, -0.05) is 24.6 Å². The Labute approximate surface area is 203 Å². The summed E-state index contributed by atoms with van der Waals surface area (Å²) in [7, 11) is 0. The second-order valence-corrected chi connectivity index (χ2v) is 9.70. The van der Waals surface area contributed by atoms with E-state index < -0.39 is 0 Å². The maximum atomic E-state index is 13.2. The van der Waals surface area contributed by atoms with Crippen LogP contribution < -0.4 is 15.4 Å². The van der Waals surface area contributed by atoms with Crippen molar-refractivity contribution in [3.05, 3.63) is 58.5 Å². The molecule has 176 valence electrons. The number of amides is 1. The molecule has 3 N–H and O–H groups in total. The Morgan fingerprint density at radius 3 is 2.91 bits per heavy atom. The van der Waals surface area contributed by atoms with Gasteiger partial charge in [0.25, 0.3) is 5.91 Å². The molecule has 34 heavy (non-hydrogen) atoms. The third-order valence-corrected chi connectivity index (χ3v) is 7.56. The standard InChI is InChI=1S/C26H27ClN4O3/c1-2-16-18(27)4-3-5-19(16)30-23-21-24(26(8-9-26)14-29-25(21)32)31-22(23)17-6-10-28-12-20(17)34-13-15-7-11-33-15/h3-6,10,12,15,30-31H,2,7-9,11,13-14H2,1H3,(H,29,32)/t15-/m0/s1. The molecule has 1 amide bonds. The SMILES string of the molecule is CCc1c(Cl)cccc1Nc1c(-c2ccncc2OC[C@@H]2CCO2)[nH]c2c1C(=O)NCC21CC1. The van der Waals surface area contributed by atoms with Gasteiger partial charge < -0.3 is 25.1 Å². The summed E-state index contributed by atoms with van der Waals surface area (Å²) in [4.78, 5) is 21.1. The van der Waals surface area contributed by atoms with Crippen LogP contribution in [-0.2, 0) is 16.6 Å². The van der Waals surface area contributed by atoms with E-state index in [-0.39, 0.29) is 17.4 Å². The Hall–Kier alpha value is -3.03. The van der Waals surface area contributed by atoms with Crippen LogP contribution in [0.3, 0.4) is 0 Å². The first-order chi connectivity index (χ1) is 16.6. The average molecular weight is 479 g/mol. The molecule has 4 heterocycles. The number of benzene rings is 1. The van der Waals surface area contributed by atoms with Crippen LogP contribution in [0.5, 0.6) is 5.75 Å². The van der Waals surface area contributed by atoms with Crippen LogP contribution >= 0.6 is 11.6 Å². The van der Waals surface area contributed by atoms with E-state index in [2.05, 4.69) is 27.5 Å². The highest BCUT2D eigenvalue weighted by Crippen LogP contribution is 2.54. The van der Waals surface area contributed by atoms with Crippen molar-refractivity contribution in [2.75, 3.05) is 25.1 Å². The highest BCUT2D eigenvalue weighted by molar-refractivity contribution is 6.31. The fourth-order valence-electron chi connectivity index (χ4n) is 4.93. The number of H-pyrrole nitrogens is 1. The van der Waals surface area contributed by atoms with Gasteiger partial charge in [-0.3, -0.25) is 9.78 Å². The normalized spacial score (nSPS) is 19.8. The first-order valence-electron chi connectivity index (χ1n) is 11.9. The lowest BCUT2D eigenvalue weighted by Gasteiger charge is -2.26. The first kappa shape index (κ1) is 21.5. The van der Waals surface area contributed by atoms with Gasteiger partial charge in [-0.05, 0) is 43.0 Å². The molecular weight excluding hydrogens is 452 g/mol. The number of carbonyl (C=O) groups excluding carboxylic acids is 1. The number of pyridine rings is 1. The minimum atomic E-state index is -0.0722.